The molecular weight excluding hydrogens is 300 g/mol. The Morgan fingerprint density at radius 3 is 3.04 bits per heavy atom. The van der Waals surface area contributed by atoms with Crippen LogP contribution in [-0.4, -0.2) is 35.7 Å². The Kier molecular flexibility index (Phi) is 4.01. The summed E-state index contributed by atoms with van der Waals surface area (Å²) < 4.78 is 10.7. The number of aldehydes is 1. The minimum Gasteiger partial charge on any atom is -0.497 e. The molecule has 0 saturated heterocycles. The van der Waals surface area contributed by atoms with E-state index < -0.39 is 12.0 Å². The highest BCUT2D eigenvalue weighted by Crippen LogP contribution is 2.39. The van der Waals surface area contributed by atoms with Crippen LogP contribution in [0, 0.1) is 0 Å². The molecule has 1 aliphatic rings. The van der Waals surface area contributed by atoms with Crippen LogP contribution in [0.2, 0.25) is 0 Å². The summed E-state index contributed by atoms with van der Waals surface area (Å²) >= 11 is 0. The Hall–Kier alpha value is -2.83. The standard InChI is InChI=1S/C16H16N2O5/c1-22-10-4-2-9-3-5-11-14(12(9)8-10)23-18-15(11)17-13(6-7-19)16(20)21/h2,4,7-8,13H,3,5-6H2,1H3,(H,17,18)(H,20,21)/t13-/m0/s1. The number of benzene rings is 1. The summed E-state index contributed by atoms with van der Waals surface area (Å²) in [5, 5.41) is 15.9. The molecule has 1 aromatic heterocycles. The van der Waals surface area contributed by atoms with Crippen LogP contribution in [0.25, 0.3) is 11.3 Å². The highest BCUT2D eigenvalue weighted by molar-refractivity contribution is 5.81. The number of nitrogens with one attached hydrogen (secondary N) is 1. The SMILES string of the molecule is COc1ccc2c(c1)-c1onc(N[C@@H](CC=O)C(=O)O)c1CC2. The fourth-order valence-electron chi connectivity index (χ4n) is 2.72. The zero-order valence-corrected chi connectivity index (χ0v) is 12.5. The minimum absolute atomic E-state index is 0.138. The van der Waals surface area contributed by atoms with Crippen molar-refractivity contribution in [3.8, 4) is 17.1 Å². The molecule has 1 aliphatic carbocycles. The van der Waals surface area contributed by atoms with Crippen molar-refractivity contribution in [3.05, 3.63) is 29.3 Å². The predicted molar refractivity (Wildman–Crippen MR) is 81.6 cm³/mol. The number of carboxylic acid groups (broad SMARTS) is 1. The Labute approximate surface area is 132 Å². The molecule has 0 aliphatic heterocycles. The second kappa shape index (κ2) is 6.12. The number of hydrogen-bond acceptors (Lipinski definition) is 6. The largest absolute Gasteiger partial charge is 0.497 e. The smallest absolute Gasteiger partial charge is 0.326 e. The average molecular weight is 316 g/mol. The van der Waals surface area contributed by atoms with E-state index in [1.54, 1.807) is 7.11 Å². The van der Waals surface area contributed by atoms with E-state index in [4.69, 9.17) is 14.4 Å². The molecule has 0 amide bonds. The second-order valence-corrected chi connectivity index (χ2v) is 5.30. The summed E-state index contributed by atoms with van der Waals surface area (Å²) in [6.07, 6.45) is 1.92. The fourth-order valence-corrected chi connectivity index (χ4v) is 2.72. The molecule has 7 heteroatoms. The number of methoxy groups -OCH3 is 1. The number of ether oxygens (including phenoxy) is 1. The van der Waals surface area contributed by atoms with Crippen molar-refractivity contribution in [2.45, 2.75) is 25.3 Å². The van der Waals surface area contributed by atoms with E-state index in [0.717, 1.165) is 23.1 Å². The number of nitrogens with zero attached hydrogens (tertiary/aromatic N) is 1. The van der Waals surface area contributed by atoms with Crippen LogP contribution in [0.1, 0.15) is 17.5 Å². The molecule has 2 N–H and O–H groups in total. The van der Waals surface area contributed by atoms with Gasteiger partial charge in [-0.25, -0.2) is 4.79 Å². The first-order valence-corrected chi connectivity index (χ1v) is 7.23. The van der Waals surface area contributed by atoms with Gasteiger partial charge in [-0.05, 0) is 30.5 Å². The van der Waals surface area contributed by atoms with Gasteiger partial charge >= 0.3 is 5.97 Å². The molecule has 0 unspecified atom stereocenters. The van der Waals surface area contributed by atoms with Gasteiger partial charge in [0.15, 0.2) is 11.6 Å². The molecule has 0 fully saturated rings. The molecule has 0 saturated carbocycles. The quantitative estimate of drug-likeness (QED) is 0.785. The number of aromatic nitrogens is 1. The number of anilines is 1. The first-order valence-electron chi connectivity index (χ1n) is 7.23. The van der Waals surface area contributed by atoms with Crippen molar-refractivity contribution in [3.63, 3.8) is 0 Å². The van der Waals surface area contributed by atoms with Crippen molar-refractivity contribution in [1.29, 1.82) is 0 Å². The normalized spacial score (nSPS) is 13.6. The molecule has 1 aromatic carbocycles. The van der Waals surface area contributed by atoms with Crippen molar-refractivity contribution in [2.75, 3.05) is 12.4 Å². The maximum absolute atomic E-state index is 11.2. The second-order valence-electron chi connectivity index (χ2n) is 5.30. The zero-order valence-electron chi connectivity index (χ0n) is 12.5. The highest BCUT2D eigenvalue weighted by atomic mass is 16.5. The van der Waals surface area contributed by atoms with Gasteiger partial charge in [0.05, 0.1) is 7.11 Å². The lowest BCUT2D eigenvalue weighted by Gasteiger charge is -2.17. The Morgan fingerprint density at radius 1 is 1.52 bits per heavy atom. The summed E-state index contributed by atoms with van der Waals surface area (Å²) in [5.74, 6) is 0.601. The Morgan fingerprint density at radius 2 is 2.35 bits per heavy atom. The van der Waals surface area contributed by atoms with Crippen LogP contribution in [0.15, 0.2) is 22.7 Å². The number of fused-ring (bicyclic) bond motifs is 3. The maximum Gasteiger partial charge on any atom is 0.326 e. The molecule has 23 heavy (non-hydrogen) atoms. The summed E-state index contributed by atoms with van der Waals surface area (Å²) in [6.45, 7) is 0. The maximum atomic E-state index is 11.2. The molecule has 3 rings (SSSR count). The van der Waals surface area contributed by atoms with Gasteiger partial charge in [0.25, 0.3) is 0 Å². The van der Waals surface area contributed by atoms with E-state index in [2.05, 4.69) is 10.5 Å². The van der Waals surface area contributed by atoms with Crippen LogP contribution in [-0.2, 0) is 22.4 Å². The summed E-state index contributed by atoms with van der Waals surface area (Å²) in [6, 6.07) is 4.74. The van der Waals surface area contributed by atoms with Crippen molar-refractivity contribution >= 4 is 18.1 Å². The van der Waals surface area contributed by atoms with Crippen LogP contribution in [0.5, 0.6) is 5.75 Å². The van der Waals surface area contributed by atoms with Gasteiger partial charge in [-0.15, -0.1) is 0 Å². The number of carbonyl (C=O) groups excluding carboxylic acids is 1. The van der Waals surface area contributed by atoms with Crippen molar-refractivity contribution < 1.29 is 24.0 Å². The molecule has 120 valence electrons. The summed E-state index contributed by atoms with van der Waals surface area (Å²) in [7, 11) is 1.59. The average Bonchev–Trinajstić information content (AvgIpc) is 2.97. The topological polar surface area (TPSA) is 102 Å². The Bertz CT molecular complexity index is 753. The van der Waals surface area contributed by atoms with E-state index in [9.17, 15) is 9.59 Å². The molecular formula is C16H16N2O5. The molecule has 0 spiro atoms. The summed E-state index contributed by atoms with van der Waals surface area (Å²) in [5.41, 5.74) is 2.85. The molecule has 1 heterocycles. The molecule has 2 aromatic rings. The van der Waals surface area contributed by atoms with E-state index >= 15 is 0 Å². The number of carboxylic acids is 1. The first-order chi connectivity index (χ1) is 11.1. The third-order valence-electron chi connectivity index (χ3n) is 3.94. The van der Waals surface area contributed by atoms with E-state index in [1.807, 2.05) is 18.2 Å². The van der Waals surface area contributed by atoms with Crippen LogP contribution < -0.4 is 10.1 Å². The lowest BCUT2D eigenvalue weighted by molar-refractivity contribution is -0.138. The minimum atomic E-state index is -1.10. The van der Waals surface area contributed by atoms with Crippen LogP contribution in [0.4, 0.5) is 5.82 Å². The number of rotatable bonds is 6. The molecule has 1 atom stereocenters. The summed E-state index contributed by atoms with van der Waals surface area (Å²) in [4.78, 5) is 21.8. The fraction of sp³-hybridized carbons (Fsp3) is 0.312. The monoisotopic (exact) mass is 316 g/mol. The van der Waals surface area contributed by atoms with Gasteiger partial charge in [-0.1, -0.05) is 11.2 Å². The van der Waals surface area contributed by atoms with Gasteiger partial charge in [-0.3, -0.25) is 0 Å². The number of aryl methyl sites for hydroxylation is 1. The predicted octanol–water partition coefficient (Wildman–Crippen LogP) is 1.90. The van der Waals surface area contributed by atoms with Gasteiger partial charge in [0.1, 0.15) is 18.1 Å². The van der Waals surface area contributed by atoms with Crippen molar-refractivity contribution in [1.82, 2.24) is 5.16 Å². The first kappa shape index (κ1) is 15.1. The molecule has 7 nitrogen and oxygen atoms in total. The van der Waals surface area contributed by atoms with Crippen molar-refractivity contribution in [2.24, 2.45) is 0 Å². The van der Waals surface area contributed by atoms with E-state index in [1.165, 1.54) is 0 Å². The van der Waals surface area contributed by atoms with Gasteiger partial charge in [0, 0.05) is 17.5 Å². The van der Waals surface area contributed by atoms with Gasteiger partial charge in [-0.2, -0.15) is 0 Å². The highest BCUT2D eigenvalue weighted by Gasteiger charge is 2.27. The van der Waals surface area contributed by atoms with E-state index in [-0.39, 0.29) is 6.42 Å². The third kappa shape index (κ3) is 2.77. The zero-order chi connectivity index (χ0) is 16.4. The third-order valence-corrected chi connectivity index (χ3v) is 3.94. The van der Waals surface area contributed by atoms with Gasteiger partial charge in [0.2, 0.25) is 0 Å². The van der Waals surface area contributed by atoms with Crippen LogP contribution >= 0.6 is 0 Å². The lowest BCUT2D eigenvalue weighted by atomic mass is 9.90. The molecule has 0 bridgehead atoms. The number of carbonyl (C=O) groups is 2. The van der Waals surface area contributed by atoms with Crippen LogP contribution in [0.3, 0.4) is 0 Å². The lowest BCUT2D eigenvalue weighted by Crippen LogP contribution is -2.30. The number of hydrogen-bond donors (Lipinski definition) is 2. The Balaban J connectivity index is 1.95. The van der Waals surface area contributed by atoms with Gasteiger partial charge < -0.3 is 24.5 Å². The molecule has 0 radical (unpaired) electrons. The number of aliphatic carboxylic acids is 1. The van der Waals surface area contributed by atoms with E-state index in [0.29, 0.717) is 30.0 Å².